The molecule has 1 saturated carbocycles. The van der Waals surface area contributed by atoms with E-state index in [4.69, 9.17) is 4.74 Å². The SMILES string of the molecule is CN(CCOCC1CC1)c1ncc(Br)cc1F. The van der Waals surface area contributed by atoms with E-state index in [0.717, 1.165) is 12.5 Å². The van der Waals surface area contributed by atoms with Crippen LogP contribution in [0.15, 0.2) is 16.7 Å². The molecular weight excluding hydrogens is 287 g/mol. The van der Waals surface area contributed by atoms with Crippen LogP contribution in [0.1, 0.15) is 12.8 Å². The van der Waals surface area contributed by atoms with Crippen LogP contribution in [-0.2, 0) is 4.74 Å². The molecule has 0 unspecified atom stereocenters. The first-order valence-corrected chi connectivity index (χ1v) is 6.56. The van der Waals surface area contributed by atoms with Crippen LogP contribution in [0.25, 0.3) is 0 Å². The minimum Gasteiger partial charge on any atom is -0.379 e. The van der Waals surface area contributed by atoms with Gasteiger partial charge in [0.1, 0.15) is 0 Å². The lowest BCUT2D eigenvalue weighted by molar-refractivity contribution is 0.130. The lowest BCUT2D eigenvalue weighted by Gasteiger charge is -2.18. The average Bonchev–Trinajstić information content (AvgIpc) is 3.08. The highest BCUT2D eigenvalue weighted by Crippen LogP contribution is 2.28. The summed E-state index contributed by atoms with van der Waals surface area (Å²) in [6.07, 6.45) is 4.18. The van der Waals surface area contributed by atoms with E-state index >= 15 is 0 Å². The van der Waals surface area contributed by atoms with E-state index in [9.17, 15) is 4.39 Å². The van der Waals surface area contributed by atoms with Gasteiger partial charge in [-0.15, -0.1) is 0 Å². The maximum absolute atomic E-state index is 13.6. The second-order valence-corrected chi connectivity index (χ2v) is 5.31. The van der Waals surface area contributed by atoms with E-state index in [-0.39, 0.29) is 5.82 Å². The summed E-state index contributed by atoms with van der Waals surface area (Å²) < 4.78 is 19.7. The van der Waals surface area contributed by atoms with E-state index in [1.165, 1.54) is 18.9 Å². The molecule has 0 radical (unpaired) electrons. The number of rotatable bonds is 6. The quantitative estimate of drug-likeness (QED) is 0.756. The normalized spacial score (nSPS) is 15.0. The van der Waals surface area contributed by atoms with E-state index in [0.29, 0.717) is 23.4 Å². The fraction of sp³-hybridized carbons (Fsp3) is 0.583. The number of halogens is 2. The third-order valence-corrected chi connectivity index (χ3v) is 3.21. The summed E-state index contributed by atoms with van der Waals surface area (Å²) in [6, 6.07) is 1.42. The summed E-state index contributed by atoms with van der Waals surface area (Å²) in [5, 5.41) is 0. The number of likely N-dealkylation sites (N-methyl/N-ethyl adjacent to an activating group) is 1. The predicted octanol–water partition coefficient (Wildman–Crippen LogP) is 2.85. The Bertz CT molecular complexity index is 385. The minimum absolute atomic E-state index is 0.316. The highest BCUT2D eigenvalue weighted by Gasteiger charge is 2.21. The van der Waals surface area contributed by atoms with Crippen molar-refractivity contribution >= 4 is 21.7 Å². The van der Waals surface area contributed by atoms with Gasteiger partial charge in [0.05, 0.1) is 6.61 Å². The topological polar surface area (TPSA) is 25.4 Å². The van der Waals surface area contributed by atoms with Crippen LogP contribution in [-0.4, -0.2) is 31.8 Å². The van der Waals surface area contributed by atoms with Gasteiger partial charge in [0.2, 0.25) is 0 Å². The van der Waals surface area contributed by atoms with Crippen molar-refractivity contribution in [3.63, 3.8) is 0 Å². The Morgan fingerprint density at radius 3 is 3.00 bits per heavy atom. The van der Waals surface area contributed by atoms with Gasteiger partial charge in [-0.3, -0.25) is 0 Å². The van der Waals surface area contributed by atoms with Gasteiger partial charge in [-0.2, -0.15) is 0 Å². The molecule has 0 aromatic carbocycles. The lowest BCUT2D eigenvalue weighted by Crippen LogP contribution is -2.24. The van der Waals surface area contributed by atoms with Crippen molar-refractivity contribution in [2.45, 2.75) is 12.8 Å². The molecule has 3 nitrogen and oxygen atoms in total. The Hall–Kier alpha value is -0.680. The number of aromatic nitrogens is 1. The van der Waals surface area contributed by atoms with Gasteiger partial charge in [-0.25, -0.2) is 9.37 Å². The monoisotopic (exact) mass is 302 g/mol. The number of pyridine rings is 1. The standard InChI is InChI=1S/C12H16BrFN2O/c1-16(4-5-17-8-9-2-3-9)12-11(14)6-10(13)7-15-12/h6-7,9H,2-5,8H2,1H3. The minimum atomic E-state index is -0.316. The van der Waals surface area contributed by atoms with Gasteiger partial charge < -0.3 is 9.64 Å². The Morgan fingerprint density at radius 1 is 1.59 bits per heavy atom. The van der Waals surface area contributed by atoms with Crippen LogP contribution in [0.5, 0.6) is 0 Å². The first-order chi connectivity index (χ1) is 8.16. The molecule has 1 heterocycles. The second-order valence-electron chi connectivity index (χ2n) is 4.40. The van der Waals surface area contributed by atoms with E-state index < -0.39 is 0 Å². The Kier molecular flexibility index (Phi) is 4.34. The molecule has 0 atom stereocenters. The molecule has 0 N–H and O–H groups in total. The third kappa shape index (κ3) is 3.92. The van der Waals surface area contributed by atoms with Crippen molar-refractivity contribution in [3.8, 4) is 0 Å². The molecule has 17 heavy (non-hydrogen) atoms. The molecule has 2 rings (SSSR count). The summed E-state index contributed by atoms with van der Waals surface area (Å²) in [5.41, 5.74) is 0. The fourth-order valence-electron chi connectivity index (χ4n) is 1.53. The van der Waals surface area contributed by atoms with Gasteiger partial charge >= 0.3 is 0 Å². The van der Waals surface area contributed by atoms with Crippen molar-refractivity contribution in [2.75, 3.05) is 31.7 Å². The molecule has 0 aliphatic heterocycles. The van der Waals surface area contributed by atoms with Crippen molar-refractivity contribution < 1.29 is 9.13 Å². The molecule has 0 amide bonds. The number of ether oxygens (including phenoxy) is 1. The molecule has 0 spiro atoms. The molecule has 1 aromatic heterocycles. The molecule has 1 fully saturated rings. The Morgan fingerprint density at radius 2 is 2.35 bits per heavy atom. The largest absolute Gasteiger partial charge is 0.379 e. The van der Waals surface area contributed by atoms with Crippen LogP contribution < -0.4 is 4.90 Å². The Balaban J connectivity index is 1.78. The van der Waals surface area contributed by atoms with Crippen molar-refractivity contribution in [3.05, 3.63) is 22.6 Å². The molecule has 1 aliphatic carbocycles. The zero-order valence-electron chi connectivity index (χ0n) is 9.83. The van der Waals surface area contributed by atoms with Crippen LogP contribution in [0.4, 0.5) is 10.2 Å². The number of hydrogen-bond donors (Lipinski definition) is 0. The molecule has 0 bridgehead atoms. The number of hydrogen-bond acceptors (Lipinski definition) is 3. The summed E-state index contributed by atoms with van der Waals surface area (Å²) >= 11 is 3.19. The van der Waals surface area contributed by atoms with E-state index in [2.05, 4.69) is 20.9 Å². The summed E-state index contributed by atoms with van der Waals surface area (Å²) in [6.45, 7) is 2.10. The van der Waals surface area contributed by atoms with Gasteiger partial charge in [0, 0.05) is 30.9 Å². The van der Waals surface area contributed by atoms with Gasteiger partial charge in [-0.1, -0.05) is 0 Å². The highest BCUT2D eigenvalue weighted by molar-refractivity contribution is 9.10. The maximum Gasteiger partial charge on any atom is 0.166 e. The van der Waals surface area contributed by atoms with E-state index in [1.54, 1.807) is 11.1 Å². The van der Waals surface area contributed by atoms with Crippen molar-refractivity contribution in [1.29, 1.82) is 0 Å². The Labute approximate surface area is 109 Å². The zero-order chi connectivity index (χ0) is 12.3. The zero-order valence-corrected chi connectivity index (χ0v) is 11.4. The third-order valence-electron chi connectivity index (χ3n) is 2.77. The van der Waals surface area contributed by atoms with Gasteiger partial charge in [0.25, 0.3) is 0 Å². The van der Waals surface area contributed by atoms with Crippen molar-refractivity contribution in [2.24, 2.45) is 5.92 Å². The maximum atomic E-state index is 13.6. The molecule has 94 valence electrons. The van der Waals surface area contributed by atoms with Gasteiger partial charge in [-0.05, 0) is 40.8 Å². The molecule has 0 saturated heterocycles. The summed E-state index contributed by atoms with van der Waals surface area (Å²) in [4.78, 5) is 5.82. The average molecular weight is 303 g/mol. The van der Waals surface area contributed by atoms with Gasteiger partial charge in [0.15, 0.2) is 11.6 Å². The number of anilines is 1. The van der Waals surface area contributed by atoms with Crippen LogP contribution in [0.3, 0.4) is 0 Å². The fourth-order valence-corrected chi connectivity index (χ4v) is 1.83. The molecule has 1 aromatic rings. The summed E-state index contributed by atoms with van der Waals surface area (Å²) in [7, 11) is 1.82. The van der Waals surface area contributed by atoms with Crippen LogP contribution in [0, 0.1) is 11.7 Å². The predicted molar refractivity (Wildman–Crippen MR) is 68.7 cm³/mol. The van der Waals surface area contributed by atoms with Crippen molar-refractivity contribution in [1.82, 2.24) is 4.98 Å². The van der Waals surface area contributed by atoms with Crippen LogP contribution >= 0.6 is 15.9 Å². The highest BCUT2D eigenvalue weighted by atomic mass is 79.9. The van der Waals surface area contributed by atoms with Crippen LogP contribution in [0.2, 0.25) is 0 Å². The molecular formula is C12H16BrFN2O. The smallest absolute Gasteiger partial charge is 0.166 e. The molecule has 1 aliphatic rings. The number of nitrogens with zero attached hydrogens (tertiary/aromatic N) is 2. The summed E-state index contributed by atoms with van der Waals surface area (Å²) in [5.74, 6) is 0.815. The van der Waals surface area contributed by atoms with E-state index in [1.807, 2.05) is 7.05 Å². The first-order valence-electron chi connectivity index (χ1n) is 5.76. The first kappa shape index (κ1) is 12.8. The lowest BCUT2D eigenvalue weighted by atomic mass is 10.4. The second kappa shape index (κ2) is 5.78. The molecule has 5 heteroatoms.